The number of aromatic nitrogens is 2. The SMILES string of the molecule is CCCCCc1ccc(-c2ccc(C(=O)Nc3cccc(OC(=O)c4ccc(-c5ccc(CCCCC)cn5)cc4)c3)cc2)nc1. The van der Waals surface area contributed by atoms with Crippen LogP contribution in [0.25, 0.3) is 22.5 Å². The molecule has 2 aromatic heterocycles. The molecule has 0 aliphatic carbocycles. The van der Waals surface area contributed by atoms with Gasteiger partial charge in [0.25, 0.3) is 5.91 Å². The third-order valence-corrected chi connectivity index (χ3v) is 7.95. The zero-order chi connectivity index (χ0) is 32.1. The molecule has 0 spiro atoms. The quantitative estimate of drug-likeness (QED) is 0.0768. The fourth-order valence-electron chi connectivity index (χ4n) is 5.22. The standard InChI is InChI=1S/C40H41N3O3/c1-3-5-7-10-29-14-24-37(41-27-29)31-16-20-33(21-17-31)39(44)43-35-12-9-13-36(26-35)46-40(45)34-22-18-32(19-23-34)38-25-15-30(28-42-38)11-8-6-4-2/h9,12-28H,3-8,10-11H2,1-2H3,(H,43,44). The Morgan fingerprint density at radius 1 is 0.630 bits per heavy atom. The molecule has 0 atom stereocenters. The third kappa shape index (κ3) is 8.98. The molecule has 0 unspecified atom stereocenters. The van der Waals surface area contributed by atoms with E-state index in [1.54, 1.807) is 48.5 Å². The molecule has 1 N–H and O–H groups in total. The normalized spacial score (nSPS) is 10.8. The number of hydrogen-bond acceptors (Lipinski definition) is 5. The number of amides is 1. The Kier molecular flexibility index (Phi) is 11.4. The number of hydrogen-bond donors (Lipinski definition) is 1. The summed E-state index contributed by atoms with van der Waals surface area (Å²) in [7, 11) is 0. The van der Waals surface area contributed by atoms with Crippen LogP contribution in [0, 0.1) is 0 Å². The van der Waals surface area contributed by atoms with Crippen LogP contribution < -0.4 is 10.1 Å². The van der Waals surface area contributed by atoms with E-state index in [1.807, 2.05) is 48.8 Å². The molecule has 5 rings (SSSR count). The molecule has 234 valence electrons. The molecule has 6 nitrogen and oxygen atoms in total. The summed E-state index contributed by atoms with van der Waals surface area (Å²) in [5.41, 5.74) is 7.57. The molecular weight excluding hydrogens is 570 g/mol. The van der Waals surface area contributed by atoms with Gasteiger partial charge in [-0.2, -0.15) is 0 Å². The topological polar surface area (TPSA) is 81.2 Å². The van der Waals surface area contributed by atoms with E-state index in [1.165, 1.54) is 49.7 Å². The summed E-state index contributed by atoms with van der Waals surface area (Å²) in [5, 5.41) is 2.89. The monoisotopic (exact) mass is 611 g/mol. The predicted molar refractivity (Wildman–Crippen MR) is 185 cm³/mol. The van der Waals surface area contributed by atoms with Gasteiger partial charge in [0.05, 0.1) is 17.0 Å². The van der Waals surface area contributed by atoms with Crippen molar-refractivity contribution in [1.29, 1.82) is 0 Å². The predicted octanol–water partition coefficient (Wildman–Crippen LogP) is 9.75. The van der Waals surface area contributed by atoms with Crippen molar-refractivity contribution < 1.29 is 14.3 Å². The van der Waals surface area contributed by atoms with Crippen LogP contribution >= 0.6 is 0 Å². The number of benzene rings is 3. The van der Waals surface area contributed by atoms with Gasteiger partial charge < -0.3 is 10.1 Å². The zero-order valence-corrected chi connectivity index (χ0v) is 26.7. The highest BCUT2D eigenvalue weighted by Crippen LogP contribution is 2.23. The lowest BCUT2D eigenvalue weighted by molar-refractivity contribution is 0.0735. The van der Waals surface area contributed by atoms with Crippen LogP contribution in [0.5, 0.6) is 5.75 Å². The van der Waals surface area contributed by atoms with Crippen LogP contribution in [0.2, 0.25) is 0 Å². The van der Waals surface area contributed by atoms with E-state index in [0.29, 0.717) is 22.6 Å². The maximum atomic E-state index is 13.0. The van der Waals surface area contributed by atoms with E-state index in [9.17, 15) is 9.59 Å². The van der Waals surface area contributed by atoms with Crippen molar-refractivity contribution in [2.24, 2.45) is 0 Å². The minimum atomic E-state index is -0.479. The van der Waals surface area contributed by atoms with E-state index < -0.39 is 5.97 Å². The molecule has 0 bridgehead atoms. The molecule has 0 aliphatic rings. The molecule has 0 aliphatic heterocycles. The minimum absolute atomic E-state index is 0.257. The second-order valence-corrected chi connectivity index (χ2v) is 11.5. The van der Waals surface area contributed by atoms with Crippen molar-refractivity contribution >= 4 is 17.6 Å². The van der Waals surface area contributed by atoms with E-state index in [2.05, 4.69) is 41.3 Å². The Balaban J connectivity index is 1.15. The van der Waals surface area contributed by atoms with Gasteiger partial charge in [-0.25, -0.2) is 4.79 Å². The van der Waals surface area contributed by atoms with Gasteiger partial charge >= 0.3 is 5.97 Å². The molecule has 0 fully saturated rings. The molecule has 2 heterocycles. The Hall–Kier alpha value is -5.10. The summed E-state index contributed by atoms with van der Waals surface area (Å²) < 4.78 is 5.62. The molecule has 1 amide bonds. The minimum Gasteiger partial charge on any atom is -0.423 e. The van der Waals surface area contributed by atoms with Crippen molar-refractivity contribution in [3.8, 4) is 28.3 Å². The van der Waals surface area contributed by atoms with Gasteiger partial charge in [0.1, 0.15) is 5.75 Å². The molecule has 46 heavy (non-hydrogen) atoms. The van der Waals surface area contributed by atoms with Crippen molar-refractivity contribution in [2.75, 3.05) is 5.32 Å². The van der Waals surface area contributed by atoms with Crippen LogP contribution in [0.3, 0.4) is 0 Å². The van der Waals surface area contributed by atoms with Gasteiger partial charge in [-0.3, -0.25) is 14.8 Å². The highest BCUT2D eigenvalue weighted by atomic mass is 16.5. The molecule has 0 radical (unpaired) electrons. The van der Waals surface area contributed by atoms with Gasteiger partial charge in [-0.15, -0.1) is 0 Å². The zero-order valence-electron chi connectivity index (χ0n) is 26.7. The lowest BCUT2D eigenvalue weighted by Gasteiger charge is -2.09. The first kappa shape index (κ1) is 32.3. The first-order valence-electron chi connectivity index (χ1n) is 16.3. The Morgan fingerprint density at radius 2 is 1.17 bits per heavy atom. The first-order valence-corrected chi connectivity index (χ1v) is 16.3. The van der Waals surface area contributed by atoms with Crippen molar-refractivity contribution in [2.45, 2.75) is 65.2 Å². The molecular formula is C40H41N3O3. The number of nitrogens with one attached hydrogen (secondary N) is 1. The van der Waals surface area contributed by atoms with Gasteiger partial charge in [0.2, 0.25) is 0 Å². The van der Waals surface area contributed by atoms with Crippen molar-refractivity contribution in [3.63, 3.8) is 0 Å². The van der Waals surface area contributed by atoms with E-state index >= 15 is 0 Å². The molecule has 6 heteroatoms. The van der Waals surface area contributed by atoms with Crippen LogP contribution in [0.4, 0.5) is 5.69 Å². The van der Waals surface area contributed by atoms with Crippen LogP contribution in [0.1, 0.15) is 84.2 Å². The largest absolute Gasteiger partial charge is 0.423 e. The van der Waals surface area contributed by atoms with Crippen molar-refractivity contribution in [3.05, 3.63) is 132 Å². The number of carbonyl (C=O) groups is 2. The van der Waals surface area contributed by atoms with Gasteiger partial charge in [0.15, 0.2) is 0 Å². The summed E-state index contributed by atoms with van der Waals surface area (Å²) in [6.07, 6.45) is 13.1. The second-order valence-electron chi connectivity index (χ2n) is 11.5. The van der Waals surface area contributed by atoms with Gasteiger partial charge in [-0.1, -0.05) is 82.0 Å². The number of carbonyl (C=O) groups excluding carboxylic acids is 2. The Labute approximate surface area is 271 Å². The fourth-order valence-corrected chi connectivity index (χ4v) is 5.22. The average molecular weight is 612 g/mol. The maximum absolute atomic E-state index is 13.0. The first-order chi connectivity index (χ1) is 22.5. The van der Waals surface area contributed by atoms with E-state index in [-0.39, 0.29) is 5.91 Å². The summed E-state index contributed by atoms with van der Waals surface area (Å²) in [6, 6.07) is 29.7. The highest BCUT2D eigenvalue weighted by molar-refractivity contribution is 6.04. The number of esters is 1. The van der Waals surface area contributed by atoms with Crippen molar-refractivity contribution in [1.82, 2.24) is 9.97 Å². The van der Waals surface area contributed by atoms with Crippen LogP contribution in [-0.2, 0) is 12.8 Å². The molecule has 5 aromatic rings. The van der Waals surface area contributed by atoms with E-state index in [4.69, 9.17) is 4.74 Å². The second kappa shape index (κ2) is 16.3. The smallest absolute Gasteiger partial charge is 0.343 e. The number of anilines is 1. The summed E-state index contributed by atoms with van der Waals surface area (Å²) >= 11 is 0. The Morgan fingerprint density at radius 3 is 1.67 bits per heavy atom. The maximum Gasteiger partial charge on any atom is 0.343 e. The van der Waals surface area contributed by atoms with Gasteiger partial charge in [-0.05, 0) is 85.3 Å². The number of rotatable bonds is 14. The number of aryl methyl sites for hydroxylation is 2. The lowest BCUT2D eigenvalue weighted by atomic mass is 10.1. The number of nitrogens with zero attached hydrogens (tertiary/aromatic N) is 2. The van der Waals surface area contributed by atoms with Crippen LogP contribution in [0.15, 0.2) is 109 Å². The van der Waals surface area contributed by atoms with E-state index in [0.717, 1.165) is 35.4 Å². The lowest BCUT2D eigenvalue weighted by Crippen LogP contribution is -2.12. The van der Waals surface area contributed by atoms with Gasteiger partial charge in [0, 0.05) is 40.8 Å². The average Bonchev–Trinajstić information content (AvgIpc) is 3.09. The molecule has 3 aromatic carbocycles. The molecule has 0 saturated carbocycles. The number of pyridine rings is 2. The fraction of sp³-hybridized carbons (Fsp3) is 0.250. The number of unbranched alkanes of at least 4 members (excludes halogenated alkanes) is 4. The van der Waals surface area contributed by atoms with Crippen LogP contribution in [-0.4, -0.2) is 21.8 Å². The summed E-state index contributed by atoms with van der Waals surface area (Å²) in [5.74, 6) is -0.397. The summed E-state index contributed by atoms with van der Waals surface area (Å²) in [6.45, 7) is 4.40. The molecule has 0 saturated heterocycles. The highest BCUT2D eigenvalue weighted by Gasteiger charge is 2.12. The third-order valence-electron chi connectivity index (χ3n) is 7.95. The Bertz CT molecular complexity index is 1590. The number of ether oxygens (including phenoxy) is 1. The summed E-state index contributed by atoms with van der Waals surface area (Å²) in [4.78, 5) is 35.1.